The number of nitrogens with one attached hydrogen (secondary N) is 1. The minimum atomic E-state index is -0.736. The van der Waals surface area contributed by atoms with Crippen molar-refractivity contribution < 1.29 is 9.59 Å². The number of hydrogen-bond donors (Lipinski definition) is 1. The van der Waals surface area contributed by atoms with Crippen LogP contribution in [-0.4, -0.2) is 35.1 Å². The molecule has 3 aromatic rings. The highest BCUT2D eigenvalue weighted by Gasteiger charge is 2.31. The van der Waals surface area contributed by atoms with Gasteiger partial charge >= 0.3 is 0 Å². The first-order valence-electron chi connectivity index (χ1n) is 12.2. The number of carbonyl (C=O) groups is 2. The highest BCUT2D eigenvalue weighted by Crippen LogP contribution is 2.29. The van der Waals surface area contributed by atoms with E-state index in [4.69, 9.17) is 46.4 Å². The van der Waals surface area contributed by atoms with Crippen molar-refractivity contribution in [3.05, 3.63) is 104 Å². The Labute approximate surface area is 249 Å². The second kappa shape index (κ2) is 15.0. The smallest absolute Gasteiger partial charge is 0.243 e. The van der Waals surface area contributed by atoms with Gasteiger partial charge in [-0.15, -0.1) is 11.8 Å². The van der Waals surface area contributed by atoms with Crippen LogP contribution in [0.1, 0.15) is 30.5 Å². The van der Waals surface area contributed by atoms with E-state index >= 15 is 0 Å². The van der Waals surface area contributed by atoms with E-state index in [1.807, 2.05) is 44.2 Å². The predicted molar refractivity (Wildman–Crippen MR) is 161 cm³/mol. The van der Waals surface area contributed by atoms with Crippen LogP contribution in [0.2, 0.25) is 20.1 Å². The molecule has 1 N–H and O–H groups in total. The van der Waals surface area contributed by atoms with Crippen molar-refractivity contribution in [2.75, 3.05) is 12.3 Å². The van der Waals surface area contributed by atoms with Gasteiger partial charge in [0.05, 0.1) is 5.75 Å². The molecule has 0 aliphatic heterocycles. The van der Waals surface area contributed by atoms with Crippen molar-refractivity contribution >= 4 is 70.0 Å². The fourth-order valence-electron chi connectivity index (χ4n) is 3.80. The summed E-state index contributed by atoms with van der Waals surface area (Å²) in [5, 5.41) is 5.06. The SMILES string of the molecule is CC(C)CNC(=O)[C@H](Cc1ccccc1)N(Cc1ccc(Cl)cc1Cl)C(=O)CSCc1c(Cl)cccc1Cl. The Balaban J connectivity index is 1.89. The van der Waals surface area contributed by atoms with Gasteiger partial charge in [-0.1, -0.05) is 103 Å². The molecule has 9 heteroatoms. The molecule has 0 aliphatic carbocycles. The standard InChI is InChI=1S/C29H30Cl4N2O2S/c1-19(2)15-34-29(37)27(13-20-7-4-3-5-8-20)35(16-21-11-12-22(30)14-26(21)33)28(36)18-38-17-23-24(31)9-6-10-25(23)32/h3-12,14,19,27H,13,15-18H2,1-2H3,(H,34,37)/t27-/m0/s1. The molecule has 3 rings (SSSR count). The van der Waals surface area contributed by atoms with Gasteiger partial charge in [0.1, 0.15) is 6.04 Å². The molecule has 0 bridgehead atoms. The minimum absolute atomic E-state index is 0.134. The molecule has 0 saturated heterocycles. The Bertz CT molecular complexity index is 1220. The second-order valence-electron chi connectivity index (χ2n) is 9.29. The number of halogens is 4. The van der Waals surface area contributed by atoms with E-state index in [2.05, 4.69) is 5.32 Å². The molecule has 0 fully saturated rings. The van der Waals surface area contributed by atoms with Crippen LogP contribution < -0.4 is 5.32 Å². The van der Waals surface area contributed by atoms with E-state index in [1.54, 1.807) is 41.3 Å². The summed E-state index contributed by atoms with van der Waals surface area (Å²) < 4.78 is 0. The number of nitrogens with zero attached hydrogens (tertiary/aromatic N) is 1. The monoisotopic (exact) mass is 610 g/mol. The fraction of sp³-hybridized carbons (Fsp3) is 0.310. The Morgan fingerprint density at radius 2 is 1.58 bits per heavy atom. The molecule has 0 spiro atoms. The summed E-state index contributed by atoms with van der Waals surface area (Å²) in [7, 11) is 0. The van der Waals surface area contributed by atoms with E-state index < -0.39 is 6.04 Å². The first kappa shape index (κ1) is 30.6. The summed E-state index contributed by atoms with van der Waals surface area (Å²) >= 11 is 26.6. The van der Waals surface area contributed by atoms with Crippen LogP contribution in [0.4, 0.5) is 0 Å². The molecule has 0 aliphatic rings. The van der Waals surface area contributed by atoms with Gasteiger partial charge < -0.3 is 10.2 Å². The van der Waals surface area contributed by atoms with Gasteiger partial charge in [-0.2, -0.15) is 0 Å². The van der Waals surface area contributed by atoms with Crippen LogP contribution in [0.25, 0.3) is 0 Å². The summed E-state index contributed by atoms with van der Waals surface area (Å²) in [5.74, 6) is 0.463. The van der Waals surface area contributed by atoms with Gasteiger partial charge in [0.15, 0.2) is 0 Å². The normalized spacial score (nSPS) is 11.9. The lowest BCUT2D eigenvalue weighted by Gasteiger charge is -2.32. The third-order valence-corrected chi connectivity index (χ3v) is 8.08. The Kier molecular flexibility index (Phi) is 12.1. The molecule has 1 atom stereocenters. The molecule has 0 saturated carbocycles. The quantitative estimate of drug-likeness (QED) is 0.226. The highest BCUT2D eigenvalue weighted by atomic mass is 35.5. The van der Waals surface area contributed by atoms with Crippen LogP contribution >= 0.6 is 58.2 Å². The third kappa shape index (κ3) is 9.10. The molecule has 202 valence electrons. The van der Waals surface area contributed by atoms with Gasteiger partial charge in [-0.3, -0.25) is 9.59 Å². The zero-order chi connectivity index (χ0) is 27.7. The summed E-state index contributed by atoms with van der Waals surface area (Å²) in [6, 6.07) is 19.4. The minimum Gasteiger partial charge on any atom is -0.354 e. The van der Waals surface area contributed by atoms with Crippen molar-refractivity contribution in [2.45, 2.75) is 38.6 Å². The van der Waals surface area contributed by atoms with Gasteiger partial charge in [0.2, 0.25) is 11.8 Å². The van der Waals surface area contributed by atoms with Crippen LogP contribution in [0, 0.1) is 5.92 Å². The van der Waals surface area contributed by atoms with Crippen molar-refractivity contribution in [1.82, 2.24) is 10.2 Å². The molecule has 0 heterocycles. The predicted octanol–water partition coefficient (Wildman–Crippen LogP) is 7.95. The Morgan fingerprint density at radius 3 is 2.21 bits per heavy atom. The highest BCUT2D eigenvalue weighted by molar-refractivity contribution is 7.99. The summed E-state index contributed by atoms with van der Waals surface area (Å²) in [6.07, 6.45) is 0.364. The number of rotatable bonds is 12. The molecule has 4 nitrogen and oxygen atoms in total. The molecule has 0 radical (unpaired) electrons. The molecule has 3 aromatic carbocycles. The Hall–Kier alpha value is -1.89. The average molecular weight is 612 g/mol. The van der Waals surface area contributed by atoms with Crippen molar-refractivity contribution in [3.63, 3.8) is 0 Å². The zero-order valence-electron chi connectivity index (χ0n) is 21.2. The summed E-state index contributed by atoms with van der Waals surface area (Å²) in [5.41, 5.74) is 2.43. The maximum Gasteiger partial charge on any atom is 0.243 e. The lowest BCUT2D eigenvalue weighted by atomic mass is 10.0. The van der Waals surface area contributed by atoms with Crippen LogP contribution in [0.5, 0.6) is 0 Å². The number of benzene rings is 3. The lowest BCUT2D eigenvalue weighted by molar-refractivity contribution is -0.139. The number of hydrogen-bond acceptors (Lipinski definition) is 3. The average Bonchev–Trinajstić information content (AvgIpc) is 2.88. The van der Waals surface area contributed by atoms with Crippen molar-refractivity contribution in [3.8, 4) is 0 Å². The maximum absolute atomic E-state index is 13.8. The lowest BCUT2D eigenvalue weighted by Crippen LogP contribution is -2.51. The van der Waals surface area contributed by atoms with Crippen LogP contribution in [0.15, 0.2) is 66.7 Å². The number of amides is 2. The van der Waals surface area contributed by atoms with E-state index in [0.717, 1.165) is 11.1 Å². The Morgan fingerprint density at radius 1 is 0.895 bits per heavy atom. The maximum atomic E-state index is 13.8. The largest absolute Gasteiger partial charge is 0.354 e. The molecule has 0 unspecified atom stereocenters. The van der Waals surface area contributed by atoms with Crippen LogP contribution in [-0.2, 0) is 28.3 Å². The number of carbonyl (C=O) groups excluding carboxylic acids is 2. The van der Waals surface area contributed by atoms with Gasteiger partial charge in [-0.05, 0) is 46.9 Å². The zero-order valence-corrected chi connectivity index (χ0v) is 25.1. The number of thioether (sulfide) groups is 1. The van der Waals surface area contributed by atoms with E-state index in [0.29, 0.717) is 44.4 Å². The second-order valence-corrected chi connectivity index (χ2v) is 11.9. The molecular weight excluding hydrogens is 582 g/mol. The van der Waals surface area contributed by atoms with Crippen molar-refractivity contribution in [1.29, 1.82) is 0 Å². The van der Waals surface area contributed by atoms with Crippen molar-refractivity contribution in [2.24, 2.45) is 5.92 Å². The molecule has 38 heavy (non-hydrogen) atoms. The van der Waals surface area contributed by atoms with E-state index in [9.17, 15) is 9.59 Å². The van der Waals surface area contributed by atoms with Gasteiger partial charge in [0, 0.05) is 45.4 Å². The van der Waals surface area contributed by atoms with Gasteiger partial charge in [-0.25, -0.2) is 0 Å². The molecular formula is C29H30Cl4N2O2S. The first-order chi connectivity index (χ1) is 18.2. The summed E-state index contributed by atoms with van der Waals surface area (Å²) in [6.45, 7) is 4.72. The molecule has 0 aromatic heterocycles. The third-order valence-electron chi connectivity index (χ3n) is 5.85. The fourth-order valence-corrected chi connectivity index (χ4v) is 5.92. The van der Waals surface area contributed by atoms with Gasteiger partial charge in [0.25, 0.3) is 0 Å². The first-order valence-corrected chi connectivity index (χ1v) is 14.9. The summed E-state index contributed by atoms with van der Waals surface area (Å²) in [4.78, 5) is 28.9. The molecule has 2 amide bonds. The topological polar surface area (TPSA) is 49.4 Å². The van der Waals surface area contributed by atoms with Crippen LogP contribution in [0.3, 0.4) is 0 Å². The van der Waals surface area contributed by atoms with E-state index in [-0.39, 0.29) is 30.0 Å². The van der Waals surface area contributed by atoms with E-state index in [1.165, 1.54) is 11.8 Å².